The van der Waals surface area contributed by atoms with E-state index in [1.165, 1.54) is 18.4 Å². The molecule has 4 heteroatoms. The highest BCUT2D eigenvalue weighted by molar-refractivity contribution is 5.55. The molecule has 0 amide bonds. The Kier molecular flexibility index (Phi) is 4.56. The summed E-state index contributed by atoms with van der Waals surface area (Å²) in [5.74, 6) is 1.71. The Balaban J connectivity index is 1.30. The van der Waals surface area contributed by atoms with E-state index < -0.39 is 0 Å². The van der Waals surface area contributed by atoms with Gasteiger partial charge in [0, 0.05) is 37.4 Å². The minimum Gasteiger partial charge on any atom is -0.486 e. The van der Waals surface area contributed by atoms with Crippen molar-refractivity contribution in [3.8, 4) is 11.5 Å². The van der Waals surface area contributed by atoms with Gasteiger partial charge in [0.15, 0.2) is 11.5 Å². The molecule has 1 saturated heterocycles. The molecule has 24 heavy (non-hydrogen) atoms. The van der Waals surface area contributed by atoms with Crippen LogP contribution in [-0.2, 0) is 6.54 Å². The number of fused-ring (bicyclic) bond motifs is 1. The second-order valence-electron chi connectivity index (χ2n) is 6.54. The second kappa shape index (κ2) is 7.14. The molecule has 0 saturated carbocycles. The normalized spacial score (nSPS) is 18.3. The van der Waals surface area contributed by atoms with Crippen LogP contribution in [0.4, 0.5) is 5.69 Å². The summed E-state index contributed by atoms with van der Waals surface area (Å²) in [6.45, 7) is 4.60. The smallest absolute Gasteiger partial charge is 0.163 e. The van der Waals surface area contributed by atoms with Crippen molar-refractivity contribution in [1.82, 2.24) is 4.90 Å². The number of hydrogen-bond donors (Lipinski definition) is 1. The highest BCUT2D eigenvalue weighted by Crippen LogP contribution is 2.33. The summed E-state index contributed by atoms with van der Waals surface area (Å²) in [6, 6.07) is 17.4. The molecule has 4 nitrogen and oxygen atoms in total. The maximum Gasteiger partial charge on any atom is 0.163 e. The molecule has 0 aromatic heterocycles. The lowest BCUT2D eigenvalue weighted by molar-refractivity contribution is 0.171. The molecule has 0 unspecified atom stereocenters. The number of likely N-dealkylation sites (tertiary alicyclic amines) is 1. The Hall–Kier alpha value is -2.20. The SMILES string of the molecule is c1ccc(CN2CCC(Nc3ccc4c(c3)OCCO4)CC2)cc1. The van der Waals surface area contributed by atoms with Crippen LogP contribution in [-0.4, -0.2) is 37.2 Å². The van der Waals surface area contributed by atoms with Crippen molar-refractivity contribution >= 4 is 5.69 Å². The lowest BCUT2D eigenvalue weighted by Gasteiger charge is -2.33. The summed E-state index contributed by atoms with van der Waals surface area (Å²) >= 11 is 0. The van der Waals surface area contributed by atoms with Gasteiger partial charge >= 0.3 is 0 Å². The lowest BCUT2D eigenvalue weighted by Crippen LogP contribution is -2.38. The number of nitrogens with one attached hydrogen (secondary N) is 1. The highest BCUT2D eigenvalue weighted by atomic mass is 16.6. The van der Waals surface area contributed by atoms with Gasteiger partial charge in [-0.25, -0.2) is 0 Å². The Labute approximate surface area is 143 Å². The van der Waals surface area contributed by atoms with Crippen LogP contribution in [0, 0.1) is 0 Å². The van der Waals surface area contributed by atoms with Gasteiger partial charge in [-0.05, 0) is 30.5 Å². The minimum absolute atomic E-state index is 0.527. The fourth-order valence-corrected chi connectivity index (χ4v) is 3.45. The fraction of sp³-hybridized carbons (Fsp3) is 0.400. The van der Waals surface area contributed by atoms with Crippen LogP contribution in [0.2, 0.25) is 0 Å². The molecule has 126 valence electrons. The van der Waals surface area contributed by atoms with Crippen LogP contribution in [0.15, 0.2) is 48.5 Å². The van der Waals surface area contributed by atoms with Crippen molar-refractivity contribution in [2.75, 3.05) is 31.6 Å². The quantitative estimate of drug-likeness (QED) is 0.933. The first kappa shape index (κ1) is 15.3. The third-order valence-electron chi connectivity index (χ3n) is 4.75. The average molecular weight is 324 g/mol. The zero-order chi connectivity index (χ0) is 16.2. The van der Waals surface area contributed by atoms with Gasteiger partial charge in [0.1, 0.15) is 13.2 Å². The summed E-state index contributed by atoms with van der Waals surface area (Å²) in [6.07, 6.45) is 2.34. The van der Waals surface area contributed by atoms with Gasteiger partial charge in [-0.15, -0.1) is 0 Å². The van der Waals surface area contributed by atoms with Crippen LogP contribution in [0.25, 0.3) is 0 Å². The van der Waals surface area contributed by atoms with E-state index in [9.17, 15) is 0 Å². The van der Waals surface area contributed by atoms with E-state index in [-0.39, 0.29) is 0 Å². The molecule has 2 aliphatic heterocycles. The molecular formula is C20H24N2O2. The number of rotatable bonds is 4. The number of benzene rings is 2. The molecule has 0 aliphatic carbocycles. The van der Waals surface area contributed by atoms with Crippen molar-refractivity contribution in [1.29, 1.82) is 0 Å². The van der Waals surface area contributed by atoms with Crippen LogP contribution < -0.4 is 14.8 Å². The van der Waals surface area contributed by atoms with Gasteiger partial charge in [-0.3, -0.25) is 4.90 Å². The number of hydrogen-bond acceptors (Lipinski definition) is 4. The molecule has 4 rings (SSSR count). The summed E-state index contributed by atoms with van der Waals surface area (Å²) in [7, 11) is 0. The predicted molar refractivity (Wildman–Crippen MR) is 95.8 cm³/mol. The van der Waals surface area contributed by atoms with E-state index in [0.717, 1.165) is 36.8 Å². The average Bonchev–Trinajstić information content (AvgIpc) is 2.64. The van der Waals surface area contributed by atoms with E-state index in [1.54, 1.807) is 0 Å². The molecular weight excluding hydrogens is 300 g/mol. The largest absolute Gasteiger partial charge is 0.486 e. The summed E-state index contributed by atoms with van der Waals surface area (Å²) < 4.78 is 11.2. The summed E-state index contributed by atoms with van der Waals surface area (Å²) in [5, 5.41) is 3.65. The molecule has 2 aromatic rings. The predicted octanol–water partition coefficient (Wildman–Crippen LogP) is 3.53. The van der Waals surface area contributed by atoms with E-state index in [4.69, 9.17) is 9.47 Å². The molecule has 0 bridgehead atoms. The molecule has 1 N–H and O–H groups in total. The van der Waals surface area contributed by atoms with Crippen LogP contribution in [0.3, 0.4) is 0 Å². The van der Waals surface area contributed by atoms with Crippen molar-refractivity contribution in [2.24, 2.45) is 0 Å². The number of anilines is 1. The first-order valence-corrected chi connectivity index (χ1v) is 8.79. The standard InChI is InChI=1S/C20H24N2O2/c1-2-4-16(5-3-1)15-22-10-8-17(9-11-22)21-18-6-7-19-20(14-18)24-13-12-23-19/h1-7,14,17,21H,8-13,15H2. The topological polar surface area (TPSA) is 33.7 Å². The van der Waals surface area contributed by atoms with Gasteiger partial charge in [0.05, 0.1) is 0 Å². The summed E-state index contributed by atoms with van der Waals surface area (Å²) in [4.78, 5) is 2.54. The van der Waals surface area contributed by atoms with Crippen molar-refractivity contribution in [2.45, 2.75) is 25.4 Å². The Bertz CT molecular complexity index is 667. The van der Waals surface area contributed by atoms with Crippen molar-refractivity contribution in [3.05, 3.63) is 54.1 Å². The van der Waals surface area contributed by atoms with Crippen molar-refractivity contribution < 1.29 is 9.47 Å². The molecule has 0 atom stereocenters. The first-order chi connectivity index (χ1) is 11.9. The van der Waals surface area contributed by atoms with Gasteiger partial charge in [-0.2, -0.15) is 0 Å². The zero-order valence-electron chi connectivity index (χ0n) is 13.9. The Morgan fingerprint density at radius 2 is 1.67 bits per heavy atom. The van der Waals surface area contributed by atoms with Crippen LogP contribution in [0.5, 0.6) is 11.5 Å². The Morgan fingerprint density at radius 1 is 0.917 bits per heavy atom. The molecule has 0 radical (unpaired) electrons. The molecule has 2 aliphatic rings. The van der Waals surface area contributed by atoms with Gasteiger partial charge in [-0.1, -0.05) is 30.3 Å². The van der Waals surface area contributed by atoms with Gasteiger partial charge in [0.2, 0.25) is 0 Å². The van der Waals surface area contributed by atoms with Crippen LogP contribution >= 0.6 is 0 Å². The first-order valence-electron chi connectivity index (χ1n) is 8.79. The number of nitrogens with zero attached hydrogens (tertiary/aromatic N) is 1. The third kappa shape index (κ3) is 3.65. The van der Waals surface area contributed by atoms with Gasteiger partial charge in [0.25, 0.3) is 0 Å². The molecule has 0 spiro atoms. The maximum atomic E-state index is 5.66. The van der Waals surface area contributed by atoms with E-state index in [2.05, 4.69) is 52.7 Å². The highest BCUT2D eigenvalue weighted by Gasteiger charge is 2.20. The zero-order valence-corrected chi connectivity index (χ0v) is 13.9. The number of piperidine rings is 1. The molecule has 1 fully saturated rings. The minimum atomic E-state index is 0.527. The van der Waals surface area contributed by atoms with Crippen molar-refractivity contribution in [3.63, 3.8) is 0 Å². The second-order valence-corrected chi connectivity index (χ2v) is 6.54. The Morgan fingerprint density at radius 3 is 2.46 bits per heavy atom. The van der Waals surface area contributed by atoms with E-state index >= 15 is 0 Å². The summed E-state index contributed by atoms with van der Waals surface area (Å²) in [5.41, 5.74) is 2.52. The third-order valence-corrected chi connectivity index (χ3v) is 4.75. The lowest BCUT2D eigenvalue weighted by atomic mass is 10.0. The monoisotopic (exact) mass is 324 g/mol. The molecule has 2 heterocycles. The van der Waals surface area contributed by atoms with E-state index in [0.29, 0.717) is 19.3 Å². The van der Waals surface area contributed by atoms with Crippen LogP contribution in [0.1, 0.15) is 18.4 Å². The van der Waals surface area contributed by atoms with Gasteiger partial charge < -0.3 is 14.8 Å². The molecule has 2 aromatic carbocycles. The van der Waals surface area contributed by atoms with E-state index in [1.807, 2.05) is 6.07 Å². The maximum absolute atomic E-state index is 5.66. The number of ether oxygens (including phenoxy) is 2. The fourth-order valence-electron chi connectivity index (χ4n) is 3.45.